The van der Waals surface area contributed by atoms with E-state index < -0.39 is 17.9 Å². The van der Waals surface area contributed by atoms with Gasteiger partial charge in [0.1, 0.15) is 0 Å². The predicted octanol–water partition coefficient (Wildman–Crippen LogP) is 2.28. The van der Waals surface area contributed by atoms with Crippen molar-refractivity contribution in [3.8, 4) is 0 Å². The molecule has 0 heterocycles. The largest absolute Gasteiger partial charge is 0.481 e. The van der Waals surface area contributed by atoms with Crippen molar-refractivity contribution >= 4 is 29.1 Å². The zero-order chi connectivity index (χ0) is 12.6. The van der Waals surface area contributed by atoms with Crippen LogP contribution in [0.2, 0.25) is 5.02 Å². The minimum Gasteiger partial charge on any atom is -0.481 e. The molecule has 2 N–H and O–H groups in total. The van der Waals surface area contributed by atoms with Crippen molar-refractivity contribution in [3.05, 3.63) is 40.4 Å². The number of carboxylic acid groups (broad SMARTS) is 2. The Labute approximate surface area is 102 Å². The van der Waals surface area contributed by atoms with Gasteiger partial charge in [0.2, 0.25) is 0 Å². The van der Waals surface area contributed by atoms with Gasteiger partial charge in [-0.05, 0) is 23.6 Å². The van der Waals surface area contributed by atoms with Crippen LogP contribution < -0.4 is 0 Å². The first-order chi connectivity index (χ1) is 8.02. The molecule has 0 aliphatic heterocycles. The molecule has 0 bridgehead atoms. The first kappa shape index (κ1) is 11.7. The fraction of sp³-hybridized carbons (Fsp3) is 0.167. The molecule has 2 rings (SSSR count). The molecule has 0 saturated carbocycles. The number of benzene rings is 1. The van der Waals surface area contributed by atoms with Crippen LogP contribution in [-0.2, 0) is 9.59 Å². The topological polar surface area (TPSA) is 74.6 Å². The molecule has 5 heteroatoms. The summed E-state index contributed by atoms with van der Waals surface area (Å²) >= 11 is 5.95. The molecule has 1 aromatic rings. The molecule has 1 aliphatic carbocycles. The molecule has 0 saturated heterocycles. The van der Waals surface area contributed by atoms with Crippen molar-refractivity contribution in [2.45, 2.75) is 6.42 Å². The van der Waals surface area contributed by atoms with E-state index >= 15 is 0 Å². The van der Waals surface area contributed by atoms with Gasteiger partial charge in [-0.2, -0.15) is 0 Å². The number of hydrogen-bond acceptors (Lipinski definition) is 2. The summed E-state index contributed by atoms with van der Waals surface area (Å²) in [5.41, 5.74) is 0.936. The van der Waals surface area contributed by atoms with Gasteiger partial charge < -0.3 is 10.2 Å². The Hall–Kier alpha value is -1.81. The second-order valence-electron chi connectivity index (χ2n) is 3.77. The molecule has 1 aliphatic rings. The number of halogens is 1. The zero-order valence-corrected chi connectivity index (χ0v) is 9.44. The summed E-state index contributed by atoms with van der Waals surface area (Å²) in [6, 6.07) is 6.66. The van der Waals surface area contributed by atoms with Crippen LogP contribution in [0.1, 0.15) is 12.0 Å². The Balaban J connectivity index is 2.53. The Bertz CT molecular complexity index is 533. The molecule has 0 spiro atoms. The number of carbonyl (C=O) groups is 2. The lowest BCUT2D eigenvalue weighted by molar-refractivity contribution is -0.140. The fourth-order valence-electron chi connectivity index (χ4n) is 1.94. The van der Waals surface area contributed by atoms with Gasteiger partial charge >= 0.3 is 11.9 Å². The van der Waals surface area contributed by atoms with Gasteiger partial charge in [0.15, 0.2) is 0 Å². The fourth-order valence-corrected chi connectivity index (χ4v) is 2.18. The lowest BCUT2D eigenvalue weighted by Gasteiger charge is -2.29. The Morgan fingerprint density at radius 2 is 1.88 bits per heavy atom. The van der Waals surface area contributed by atoms with Crippen molar-refractivity contribution in [2.75, 3.05) is 0 Å². The second kappa shape index (κ2) is 4.22. The van der Waals surface area contributed by atoms with E-state index in [1.54, 1.807) is 24.3 Å². The third-order valence-electron chi connectivity index (χ3n) is 2.80. The van der Waals surface area contributed by atoms with Crippen LogP contribution in [0.5, 0.6) is 0 Å². The summed E-state index contributed by atoms with van der Waals surface area (Å²) in [6.45, 7) is 0. The molecular weight excluding hydrogens is 244 g/mol. The third-order valence-corrected chi connectivity index (χ3v) is 3.13. The van der Waals surface area contributed by atoms with E-state index in [-0.39, 0.29) is 12.0 Å². The minimum absolute atomic E-state index is 0.0468. The summed E-state index contributed by atoms with van der Waals surface area (Å²) in [6.07, 6.45) is 0.0468. The monoisotopic (exact) mass is 252 g/mol. The summed E-state index contributed by atoms with van der Waals surface area (Å²) in [4.78, 5) is 21.9. The van der Waals surface area contributed by atoms with E-state index in [1.165, 1.54) is 0 Å². The Morgan fingerprint density at radius 3 is 2.41 bits per heavy atom. The van der Waals surface area contributed by atoms with Crippen LogP contribution in [0.4, 0.5) is 0 Å². The van der Waals surface area contributed by atoms with Crippen LogP contribution in [-0.4, -0.2) is 22.2 Å². The van der Waals surface area contributed by atoms with Gasteiger partial charge in [-0.15, -0.1) is 0 Å². The number of carboxylic acids is 2. The summed E-state index contributed by atoms with van der Waals surface area (Å²) in [5, 5.41) is 18.3. The summed E-state index contributed by atoms with van der Waals surface area (Å²) in [5.74, 6) is -2.89. The lowest BCUT2D eigenvalue weighted by Crippen LogP contribution is -2.29. The van der Waals surface area contributed by atoms with Crippen LogP contribution in [0.25, 0.3) is 5.57 Å². The van der Waals surface area contributed by atoms with Gasteiger partial charge in [0.05, 0.1) is 5.92 Å². The molecule has 88 valence electrons. The summed E-state index contributed by atoms with van der Waals surface area (Å²) < 4.78 is 0. The van der Waals surface area contributed by atoms with Gasteiger partial charge in [0.25, 0.3) is 0 Å². The third kappa shape index (κ3) is 1.91. The van der Waals surface area contributed by atoms with E-state index in [0.717, 1.165) is 0 Å². The average molecular weight is 253 g/mol. The first-order valence-electron chi connectivity index (χ1n) is 4.96. The van der Waals surface area contributed by atoms with Crippen LogP contribution in [0.3, 0.4) is 0 Å². The second-order valence-corrected chi connectivity index (χ2v) is 4.18. The van der Waals surface area contributed by atoms with E-state index in [0.29, 0.717) is 16.2 Å². The SMILES string of the molecule is O=C(O)C1=C(c2ccccc2Cl)C(C(=O)O)C1. The van der Waals surface area contributed by atoms with Crippen LogP contribution in [0, 0.1) is 5.92 Å². The quantitative estimate of drug-likeness (QED) is 0.865. The van der Waals surface area contributed by atoms with E-state index in [1.807, 2.05) is 0 Å². The predicted molar refractivity (Wildman–Crippen MR) is 61.8 cm³/mol. The maximum Gasteiger partial charge on any atom is 0.331 e. The minimum atomic E-state index is -1.09. The van der Waals surface area contributed by atoms with E-state index in [2.05, 4.69) is 0 Å². The van der Waals surface area contributed by atoms with E-state index in [4.69, 9.17) is 21.8 Å². The maximum atomic E-state index is 11.0. The van der Waals surface area contributed by atoms with Crippen LogP contribution >= 0.6 is 11.6 Å². The molecule has 0 amide bonds. The highest BCUT2D eigenvalue weighted by Gasteiger charge is 2.39. The Kier molecular flexibility index (Phi) is 2.90. The van der Waals surface area contributed by atoms with Crippen molar-refractivity contribution in [1.82, 2.24) is 0 Å². The van der Waals surface area contributed by atoms with Crippen molar-refractivity contribution in [1.29, 1.82) is 0 Å². The standard InChI is InChI=1S/C12H9ClO4/c13-9-4-2-1-3-6(9)10-7(11(14)15)5-8(10)12(16)17/h1-4,7H,5H2,(H,14,15)(H,16,17). The molecule has 1 aromatic carbocycles. The molecule has 0 fully saturated rings. The smallest absolute Gasteiger partial charge is 0.331 e. The first-order valence-corrected chi connectivity index (χ1v) is 5.34. The van der Waals surface area contributed by atoms with Gasteiger partial charge in [-0.3, -0.25) is 4.79 Å². The van der Waals surface area contributed by atoms with Crippen molar-refractivity contribution < 1.29 is 19.8 Å². The molecule has 1 atom stereocenters. The van der Waals surface area contributed by atoms with Gasteiger partial charge in [-0.25, -0.2) is 4.79 Å². The van der Waals surface area contributed by atoms with Gasteiger partial charge in [-0.1, -0.05) is 29.8 Å². The number of hydrogen-bond donors (Lipinski definition) is 2. The zero-order valence-electron chi connectivity index (χ0n) is 8.68. The number of aliphatic carboxylic acids is 2. The van der Waals surface area contributed by atoms with Crippen molar-refractivity contribution in [2.24, 2.45) is 5.92 Å². The number of rotatable bonds is 3. The van der Waals surface area contributed by atoms with Crippen LogP contribution in [0.15, 0.2) is 29.8 Å². The highest BCUT2D eigenvalue weighted by molar-refractivity contribution is 6.33. The highest BCUT2D eigenvalue weighted by Crippen LogP contribution is 2.44. The highest BCUT2D eigenvalue weighted by atomic mass is 35.5. The van der Waals surface area contributed by atoms with E-state index in [9.17, 15) is 9.59 Å². The lowest BCUT2D eigenvalue weighted by atomic mass is 9.74. The van der Waals surface area contributed by atoms with Crippen molar-refractivity contribution in [3.63, 3.8) is 0 Å². The normalized spacial score (nSPS) is 18.8. The molecular formula is C12H9ClO4. The average Bonchev–Trinajstić information content (AvgIpc) is 2.18. The molecule has 0 radical (unpaired) electrons. The molecule has 17 heavy (non-hydrogen) atoms. The Morgan fingerprint density at radius 1 is 1.24 bits per heavy atom. The maximum absolute atomic E-state index is 11.0. The molecule has 1 unspecified atom stereocenters. The summed E-state index contributed by atoms with van der Waals surface area (Å²) in [7, 11) is 0. The molecule has 4 nitrogen and oxygen atoms in total. The van der Waals surface area contributed by atoms with Gasteiger partial charge in [0, 0.05) is 10.6 Å². The molecule has 0 aromatic heterocycles.